The van der Waals surface area contributed by atoms with Gasteiger partial charge in [-0.3, -0.25) is 33.6 Å². The van der Waals surface area contributed by atoms with Crippen LogP contribution in [0.3, 0.4) is 0 Å². The van der Waals surface area contributed by atoms with Crippen molar-refractivity contribution < 1.29 is 38.7 Å². The van der Waals surface area contributed by atoms with Crippen molar-refractivity contribution in [3.8, 4) is 0 Å². The number of carbonyl (C=O) groups excluding carboxylic acids is 7. The van der Waals surface area contributed by atoms with Gasteiger partial charge in [-0.25, -0.2) is 0 Å². The standard InChI is InChI=1S/C35H56N6O8/c1-8-21(4)30(39-27(44)17-16-25-14-12-11-13-15-25)33(47)37-18-28(45)36-19-29(46)40-31(22(5)9-2)35(49)41-32(23(6)10-3)34(48)38-26(20-42)24(7)43/h11-15,21-23,26,30-32,42H,8-10,16-20H2,1-7H3,(H,36,45)(H,37,47)(H,38,48)(H,39,44)(H,40,46)(H,41,49). The first kappa shape index (κ1) is 42.7. The summed E-state index contributed by atoms with van der Waals surface area (Å²) in [5, 5.41) is 24.9. The number of aryl methyl sites for hydroxylation is 1. The number of benzene rings is 1. The van der Waals surface area contributed by atoms with Crippen LogP contribution in [0, 0.1) is 17.8 Å². The lowest BCUT2D eigenvalue weighted by atomic mass is 9.94. The molecule has 1 aromatic carbocycles. The maximum Gasteiger partial charge on any atom is 0.243 e. The van der Waals surface area contributed by atoms with Crippen LogP contribution in [0.4, 0.5) is 0 Å². The third-order valence-electron chi connectivity index (χ3n) is 8.76. The molecule has 0 bridgehead atoms. The van der Waals surface area contributed by atoms with Gasteiger partial charge in [0.1, 0.15) is 24.2 Å². The van der Waals surface area contributed by atoms with Gasteiger partial charge in [0.15, 0.2) is 5.78 Å². The summed E-state index contributed by atoms with van der Waals surface area (Å²) >= 11 is 0. The minimum atomic E-state index is -1.11. The van der Waals surface area contributed by atoms with E-state index in [4.69, 9.17) is 0 Å². The molecule has 1 rings (SSSR count). The smallest absolute Gasteiger partial charge is 0.243 e. The highest BCUT2D eigenvalue weighted by molar-refractivity contribution is 5.95. The Morgan fingerprint density at radius 3 is 1.59 bits per heavy atom. The topological polar surface area (TPSA) is 212 Å². The summed E-state index contributed by atoms with van der Waals surface area (Å²) in [5.74, 6) is -4.69. The molecule has 14 nitrogen and oxygen atoms in total. The highest BCUT2D eigenvalue weighted by atomic mass is 16.3. The average molecular weight is 689 g/mol. The van der Waals surface area contributed by atoms with Gasteiger partial charge in [0.2, 0.25) is 35.4 Å². The Kier molecular flexibility index (Phi) is 19.5. The predicted octanol–water partition coefficient (Wildman–Crippen LogP) is 0.510. The fourth-order valence-electron chi connectivity index (χ4n) is 4.78. The van der Waals surface area contributed by atoms with Gasteiger partial charge in [-0.15, -0.1) is 0 Å². The van der Waals surface area contributed by atoms with Gasteiger partial charge in [-0.1, -0.05) is 91.1 Å². The van der Waals surface area contributed by atoms with Crippen LogP contribution in [0.5, 0.6) is 0 Å². The largest absolute Gasteiger partial charge is 0.394 e. The van der Waals surface area contributed by atoms with E-state index < -0.39 is 79.2 Å². The van der Waals surface area contributed by atoms with Crippen LogP contribution in [-0.2, 0) is 40.0 Å². The van der Waals surface area contributed by atoms with E-state index in [0.29, 0.717) is 25.7 Å². The van der Waals surface area contributed by atoms with E-state index in [-0.39, 0.29) is 30.1 Å². The van der Waals surface area contributed by atoms with Crippen LogP contribution in [0.25, 0.3) is 0 Å². The molecule has 1 aromatic rings. The molecule has 7 atom stereocenters. The normalized spacial score (nSPS) is 15.2. The van der Waals surface area contributed by atoms with Gasteiger partial charge in [0.25, 0.3) is 0 Å². The molecule has 0 saturated heterocycles. The summed E-state index contributed by atoms with van der Waals surface area (Å²) in [4.78, 5) is 89.0. The Morgan fingerprint density at radius 2 is 1.08 bits per heavy atom. The van der Waals surface area contributed by atoms with E-state index >= 15 is 0 Å². The second-order valence-corrected chi connectivity index (χ2v) is 12.6. The van der Waals surface area contributed by atoms with Crippen molar-refractivity contribution in [1.82, 2.24) is 31.9 Å². The third kappa shape index (κ3) is 15.2. The average Bonchev–Trinajstić information content (AvgIpc) is 3.10. The molecule has 0 aliphatic heterocycles. The van der Waals surface area contributed by atoms with Crippen molar-refractivity contribution in [2.75, 3.05) is 19.7 Å². The van der Waals surface area contributed by atoms with Crippen molar-refractivity contribution in [2.45, 2.75) is 105 Å². The molecule has 7 N–H and O–H groups in total. The number of amides is 6. The number of nitrogens with one attached hydrogen (secondary N) is 6. The van der Waals surface area contributed by atoms with E-state index in [9.17, 15) is 38.7 Å². The summed E-state index contributed by atoms with van der Waals surface area (Å²) < 4.78 is 0. The lowest BCUT2D eigenvalue weighted by molar-refractivity contribution is -0.135. The third-order valence-corrected chi connectivity index (χ3v) is 8.76. The molecule has 274 valence electrons. The minimum Gasteiger partial charge on any atom is -0.394 e. The zero-order chi connectivity index (χ0) is 37.1. The first-order valence-electron chi connectivity index (χ1n) is 17.1. The first-order valence-corrected chi connectivity index (χ1v) is 17.1. The minimum absolute atomic E-state index is 0.199. The number of Topliss-reactive ketones (excluding diaryl/α,β-unsaturated/α-hetero) is 1. The Morgan fingerprint density at radius 1 is 0.612 bits per heavy atom. The second kappa shape index (κ2) is 22.3. The fourth-order valence-corrected chi connectivity index (χ4v) is 4.78. The van der Waals surface area contributed by atoms with Gasteiger partial charge in [-0.05, 0) is 36.7 Å². The number of hydrogen-bond acceptors (Lipinski definition) is 8. The molecule has 0 aromatic heterocycles. The molecule has 14 heteroatoms. The number of ketones is 1. The maximum atomic E-state index is 13.4. The van der Waals surface area contributed by atoms with Crippen LogP contribution in [0.15, 0.2) is 30.3 Å². The molecular weight excluding hydrogens is 632 g/mol. The number of aliphatic hydroxyl groups is 1. The van der Waals surface area contributed by atoms with Crippen molar-refractivity contribution in [2.24, 2.45) is 17.8 Å². The molecule has 0 radical (unpaired) electrons. The zero-order valence-electron chi connectivity index (χ0n) is 29.9. The summed E-state index contributed by atoms with van der Waals surface area (Å²) in [6.45, 7) is 10.6. The summed E-state index contributed by atoms with van der Waals surface area (Å²) in [7, 11) is 0. The Balaban J connectivity index is 2.76. The van der Waals surface area contributed by atoms with E-state index in [1.165, 1.54) is 6.92 Å². The van der Waals surface area contributed by atoms with Gasteiger partial charge in [-0.2, -0.15) is 0 Å². The molecule has 0 aliphatic rings. The predicted molar refractivity (Wildman–Crippen MR) is 185 cm³/mol. The SMILES string of the molecule is CCC(C)C(NC(=O)CCc1ccccc1)C(=O)NCC(=O)NCC(=O)NC(C(=O)NC(C(=O)NC(CO)C(C)=O)C(C)CC)C(C)CC. The molecule has 0 fully saturated rings. The summed E-state index contributed by atoms with van der Waals surface area (Å²) in [6, 6.07) is 5.46. The second-order valence-electron chi connectivity index (χ2n) is 12.6. The highest BCUT2D eigenvalue weighted by Gasteiger charge is 2.33. The lowest BCUT2D eigenvalue weighted by Crippen LogP contribution is -2.59. The fraction of sp³-hybridized carbons (Fsp3) is 0.629. The molecule has 6 amide bonds. The quantitative estimate of drug-likeness (QED) is 0.0910. The van der Waals surface area contributed by atoms with Crippen LogP contribution in [0.2, 0.25) is 0 Å². The van der Waals surface area contributed by atoms with Crippen molar-refractivity contribution in [1.29, 1.82) is 0 Å². The summed E-state index contributed by atoms with van der Waals surface area (Å²) in [5.41, 5.74) is 1.000. The van der Waals surface area contributed by atoms with Crippen LogP contribution < -0.4 is 31.9 Å². The number of carbonyl (C=O) groups is 7. The van der Waals surface area contributed by atoms with Crippen molar-refractivity contribution in [3.63, 3.8) is 0 Å². The van der Waals surface area contributed by atoms with E-state index in [1.807, 2.05) is 58.0 Å². The van der Waals surface area contributed by atoms with Crippen LogP contribution in [0.1, 0.15) is 79.7 Å². The Labute approximate surface area is 289 Å². The maximum absolute atomic E-state index is 13.4. The van der Waals surface area contributed by atoms with Gasteiger partial charge >= 0.3 is 0 Å². The van der Waals surface area contributed by atoms with Crippen LogP contribution in [-0.4, -0.2) is 90.2 Å². The van der Waals surface area contributed by atoms with Gasteiger partial charge in [0.05, 0.1) is 19.7 Å². The molecule has 49 heavy (non-hydrogen) atoms. The monoisotopic (exact) mass is 688 g/mol. The number of rotatable bonds is 22. The molecule has 0 aliphatic carbocycles. The van der Waals surface area contributed by atoms with Crippen molar-refractivity contribution >= 4 is 41.2 Å². The molecular formula is C35H56N6O8. The van der Waals surface area contributed by atoms with E-state index in [2.05, 4.69) is 31.9 Å². The molecule has 0 spiro atoms. The van der Waals surface area contributed by atoms with Gasteiger partial charge < -0.3 is 37.0 Å². The molecule has 0 saturated carbocycles. The number of hydrogen-bond donors (Lipinski definition) is 7. The first-order chi connectivity index (χ1) is 23.2. The highest BCUT2D eigenvalue weighted by Crippen LogP contribution is 2.13. The molecule has 0 heterocycles. The van der Waals surface area contributed by atoms with E-state index in [1.54, 1.807) is 13.8 Å². The Hall–Kier alpha value is -4.33. The summed E-state index contributed by atoms with van der Waals surface area (Å²) in [6.07, 6.45) is 2.35. The Bertz CT molecular complexity index is 1260. The van der Waals surface area contributed by atoms with Crippen LogP contribution >= 0.6 is 0 Å². The zero-order valence-corrected chi connectivity index (χ0v) is 29.9. The molecule has 7 unspecified atom stereocenters. The van der Waals surface area contributed by atoms with Gasteiger partial charge in [0, 0.05) is 6.42 Å². The lowest BCUT2D eigenvalue weighted by Gasteiger charge is -2.29. The van der Waals surface area contributed by atoms with E-state index in [0.717, 1.165) is 5.56 Å². The van der Waals surface area contributed by atoms with Crippen molar-refractivity contribution in [3.05, 3.63) is 35.9 Å². The number of aliphatic hydroxyl groups excluding tert-OH is 1.